The first-order chi connectivity index (χ1) is 5.83. The molecule has 0 bridgehead atoms. The average Bonchev–Trinajstić information content (AvgIpc) is 2.16. The number of nitrogens with two attached hydrogens (primary N) is 1. The van der Waals surface area contributed by atoms with Crippen molar-refractivity contribution in [3.05, 3.63) is 30.3 Å². The van der Waals surface area contributed by atoms with Crippen molar-refractivity contribution in [2.24, 2.45) is 5.73 Å². The molecule has 3 heteroatoms. The average molecular weight is 183 g/mol. The van der Waals surface area contributed by atoms with Crippen molar-refractivity contribution >= 4 is 11.8 Å². The van der Waals surface area contributed by atoms with Crippen LogP contribution in [0.1, 0.15) is 0 Å². The quantitative estimate of drug-likeness (QED) is 0.687. The van der Waals surface area contributed by atoms with Crippen molar-refractivity contribution in [1.82, 2.24) is 0 Å². The van der Waals surface area contributed by atoms with E-state index >= 15 is 0 Å². The van der Waals surface area contributed by atoms with Crippen LogP contribution in [0.2, 0.25) is 0 Å². The molecule has 1 aromatic rings. The number of hydrogen-bond acceptors (Lipinski definition) is 3. The fraction of sp³-hybridized carbons (Fsp3) is 0.333. The Balaban J connectivity index is 2.33. The van der Waals surface area contributed by atoms with Gasteiger partial charge in [-0.2, -0.15) is 0 Å². The molecule has 0 spiro atoms. The number of hydrogen-bond donors (Lipinski definition) is 2. The number of thioether (sulfide) groups is 1. The Morgan fingerprint density at radius 1 is 1.33 bits per heavy atom. The molecule has 0 saturated carbocycles. The van der Waals surface area contributed by atoms with Gasteiger partial charge in [0.05, 0.1) is 6.10 Å². The molecule has 0 heterocycles. The van der Waals surface area contributed by atoms with E-state index in [1.165, 1.54) is 4.90 Å². The summed E-state index contributed by atoms with van der Waals surface area (Å²) in [7, 11) is 0. The van der Waals surface area contributed by atoms with E-state index < -0.39 is 6.10 Å². The maximum atomic E-state index is 9.17. The minimum absolute atomic E-state index is 0.333. The molecule has 1 aromatic carbocycles. The molecule has 0 aliphatic heterocycles. The number of benzene rings is 1. The highest BCUT2D eigenvalue weighted by molar-refractivity contribution is 7.99. The molecular formula is C9H13NOS. The van der Waals surface area contributed by atoms with Crippen molar-refractivity contribution in [2.75, 3.05) is 12.3 Å². The minimum atomic E-state index is -0.393. The lowest BCUT2D eigenvalue weighted by Gasteiger charge is -2.06. The van der Waals surface area contributed by atoms with Crippen molar-refractivity contribution in [3.63, 3.8) is 0 Å². The van der Waals surface area contributed by atoms with Gasteiger partial charge in [-0.1, -0.05) is 18.2 Å². The van der Waals surface area contributed by atoms with Crippen LogP contribution < -0.4 is 5.73 Å². The van der Waals surface area contributed by atoms with E-state index in [0.29, 0.717) is 12.3 Å². The lowest BCUT2D eigenvalue weighted by atomic mass is 10.4. The Kier molecular flexibility index (Phi) is 4.14. The van der Waals surface area contributed by atoms with Crippen LogP contribution in [-0.4, -0.2) is 23.5 Å². The molecule has 0 fully saturated rings. The lowest BCUT2D eigenvalue weighted by molar-refractivity contribution is 0.208. The zero-order valence-corrected chi connectivity index (χ0v) is 7.63. The van der Waals surface area contributed by atoms with Crippen molar-refractivity contribution in [2.45, 2.75) is 11.0 Å². The first-order valence-corrected chi connectivity index (χ1v) is 4.87. The van der Waals surface area contributed by atoms with Gasteiger partial charge < -0.3 is 10.8 Å². The molecule has 1 rings (SSSR count). The monoisotopic (exact) mass is 183 g/mol. The van der Waals surface area contributed by atoms with Crippen LogP contribution in [0.15, 0.2) is 35.2 Å². The van der Waals surface area contributed by atoms with Crippen molar-refractivity contribution in [1.29, 1.82) is 0 Å². The standard InChI is InChI=1S/C9H13NOS/c10-6-8(11)7-12-9-4-2-1-3-5-9/h1-5,8,11H,6-7,10H2/t8-/m0/s1. The lowest BCUT2D eigenvalue weighted by Crippen LogP contribution is -2.21. The molecule has 0 aliphatic rings. The van der Waals surface area contributed by atoms with Gasteiger partial charge in [0.1, 0.15) is 0 Å². The summed E-state index contributed by atoms with van der Waals surface area (Å²) in [6.07, 6.45) is -0.393. The number of aliphatic hydroxyl groups is 1. The second kappa shape index (κ2) is 5.19. The van der Waals surface area contributed by atoms with E-state index in [-0.39, 0.29) is 0 Å². The Morgan fingerprint density at radius 2 is 2.00 bits per heavy atom. The summed E-state index contributed by atoms with van der Waals surface area (Å²) in [5.41, 5.74) is 5.27. The van der Waals surface area contributed by atoms with Gasteiger partial charge in [-0.25, -0.2) is 0 Å². The maximum Gasteiger partial charge on any atom is 0.0756 e. The van der Waals surface area contributed by atoms with E-state index in [1.807, 2.05) is 30.3 Å². The van der Waals surface area contributed by atoms with Crippen LogP contribution in [0.3, 0.4) is 0 Å². The van der Waals surface area contributed by atoms with Gasteiger partial charge in [0.15, 0.2) is 0 Å². The minimum Gasteiger partial charge on any atom is -0.391 e. The summed E-state index contributed by atoms with van der Waals surface area (Å²) < 4.78 is 0. The second-order valence-corrected chi connectivity index (χ2v) is 3.61. The molecule has 3 N–H and O–H groups in total. The molecule has 0 radical (unpaired) electrons. The topological polar surface area (TPSA) is 46.2 Å². The fourth-order valence-corrected chi connectivity index (χ4v) is 1.65. The van der Waals surface area contributed by atoms with Crippen LogP contribution >= 0.6 is 11.8 Å². The first-order valence-electron chi connectivity index (χ1n) is 3.89. The molecule has 1 atom stereocenters. The van der Waals surface area contributed by atoms with E-state index in [1.54, 1.807) is 11.8 Å². The summed E-state index contributed by atoms with van der Waals surface area (Å²) in [4.78, 5) is 1.17. The molecule has 0 unspecified atom stereocenters. The van der Waals surface area contributed by atoms with E-state index in [0.717, 1.165) is 0 Å². The normalized spacial score (nSPS) is 12.8. The van der Waals surface area contributed by atoms with E-state index in [9.17, 15) is 5.11 Å². The third-order valence-corrected chi connectivity index (χ3v) is 2.61. The largest absolute Gasteiger partial charge is 0.391 e. The van der Waals surface area contributed by atoms with Crippen molar-refractivity contribution in [3.8, 4) is 0 Å². The van der Waals surface area contributed by atoms with Crippen LogP contribution in [0.5, 0.6) is 0 Å². The van der Waals surface area contributed by atoms with Gasteiger partial charge in [-0.3, -0.25) is 0 Å². The zero-order valence-electron chi connectivity index (χ0n) is 6.81. The summed E-state index contributed by atoms with van der Waals surface area (Å²) in [5.74, 6) is 0.667. The highest BCUT2D eigenvalue weighted by atomic mass is 32.2. The predicted molar refractivity (Wildman–Crippen MR) is 52.2 cm³/mol. The SMILES string of the molecule is NC[C@H](O)CSc1ccccc1. The van der Waals surface area contributed by atoms with E-state index in [2.05, 4.69) is 0 Å². The van der Waals surface area contributed by atoms with Crippen LogP contribution in [0, 0.1) is 0 Å². The highest BCUT2D eigenvalue weighted by Crippen LogP contribution is 2.17. The summed E-state index contributed by atoms with van der Waals surface area (Å²) in [6, 6.07) is 9.99. The third kappa shape index (κ3) is 3.26. The maximum absolute atomic E-state index is 9.17. The predicted octanol–water partition coefficient (Wildman–Crippen LogP) is 1.10. The molecule has 12 heavy (non-hydrogen) atoms. The molecule has 0 amide bonds. The molecular weight excluding hydrogens is 170 g/mol. The summed E-state index contributed by atoms with van der Waals surface area (Å²) >= 11 is 1.62. The van der Waals surface area contributed by atoms with Gasteiger partial charge in [0.2, 0.25) is 0 Å². The van der Waals surface area contributed by atoms with Gasteiger partial charge >= 0.3 is 0 Å². The second-order valence-electron chi connectivity index (χ2n) is 2.51. The Labute approximate surface area is 76.8 Å². The third-order valence-electron chi connectivity index (χ3n) is 1.46. The van der Waals surface area contributed by atoms with Gasteiger partial charge in [-0.15, -0.1) is 11.8 Å². The highest BCUT2D eigenvalue weighted by Gasteiger charge is 2.00. The Morgan fingerprint density at radius 3 is 2.58 bits per heavy atom. The Bertz CT molecular complexity index is 215. The molecule has 66 valence electrons. The molecule has 2 nitrogen and oxygen atoms in total. The molecule has 0 aliphatic carbocycles. The molecule has 0 aromatic heterocycles. The van der Waals surface area contributed by atoms with E-state index in [4.69, 9.17) is 5.73 Å². The van der Waals surface area contributed by atoms with Gasteiger partial charge in [0.25, 0.3) is 0 Å². The smallest absolute Gasteiger partial charge is 0.0756 e. The van der Waals surface area contributed by atoms with Crippen molar-refractivity contribution < 1.29 is 5.11 Å². The Hall–Kier alpha value is -0.510. The summed E-state index contributed by atoms with van der Waals surface area (Å²) in [6.45, 7) is 0.333. The van der Waals surface area contributed by atoms with Crippen LogP contribution in [0.25, 0.3) is 0 Å². The zero-order chi connectivity index (χ0) is 8.81. The summed E-state index contributed by atoms with van der Waals surface area (Å²) in [5, 5.41) is 9.17. The number of aliphatic hydroxyl groups excluding tert-OH is 1. The first kappa shape index (κ1) is 9.58. The van der Waals surface area contributed by atoms with Crippen LogP contribution in [-0.2, 0) is 0 Å². The fourth-order valence-electron chi connectivity index (χ4n) is 0.777. The van der Waals surface area contributed by atoms with Gasteiger partial charge in [-0.05, 0) is 12.1 Å². The molecule has 0 saturated heterocycles. The van der Waals surface area contributed by atoms with Crippen LogP contribution in [0.4, 0.5) is 0 Å². The van der Waals surface area contributed by atoms with Gasteiger partial charge in [0, 0.05) is 17.2 Å². The number of rotatable bonds is 4.